The number of fused-ring (bicyclic) bond motifs is 1. The molecule has 0 fully saturated rings. The van der Waals surface area contributed by atoms with Crippen LogP contribution < -0.4 is 11.1 Å². The van der Waals surface area contributed by atoms with Gasteiger partial charge in [0.1, 0.15) is 0 Å². The molecule has 3 heteroatoms. The highest BCUT2D eigenvalue weighted by Gasteiger charge is 1.98. The van der Waals surface area contributed by atoms with E-state index in [2.05, 4.69) is 35.6 Å². The minimum Gasteiger partial charge on any atom is -0.387 e. The number of carbonyl (C=O) groups is 1. The van der Waals surface area contributed by atoms with Crippen LogP contribution in [0, 0.1) is 0 Å². The van der Waals surface area contributed by atoms with Crippen molar-refractivity contribution in [3.8, 4) is 0 Å². The van der Waals surface area contributed by atoms with Gasteiger partial charge in [-0.25, -0.2) is 0 Å². The number of hydrogen-bond acceptors (Lipinski definition) is 2. The van der Waals surface area contributed by atoms with E-state index in [1.54, 1.807) is 19.1 Å². The SMILES string of the molecule is C/C(=C\C=C/NCc1cccc2ccccc12)C(N)=O. The highest BCUT2D eigenvalue weighted by Crippen LogP contribution is 2.18. The van der Waals surface area contributed by atoms with Crippen LogP contribution in [0.2, 0.25) is 0 Å². The molecule has 0 heterocycles. The molecule has 2 aromatic carbocycles. The van der Waals surface area contributed by atoms with Crippen LogP contribution >= 0.6 is 0 Å². The maximum atomic E-state index is 10.8. The molecule has 0 aliphatic carbocycles. The fraction of sp³-hybridized carbons (Fsp3) is 0.118. The molecule has 102 valence electrons. The summed E-state index contributed by atoms with van der Waals surface area (Å²) < 4.78 is 0. The van der Waals surface area contributed by atoms with Crippen molar-refractivity contribution < 1.29 is 4.79 Å². The summed E-state index contributed by atoms with van der Waals surface area (Å²) in [5.41, 5.74) is 6.92. The lowest BCUT2D eigenvalue weighted by atomic mass is 10.0. The number of rotatable bonds is 5. The minimum absolute atomic E-state index is 0.399. The predicted octanol–water partition coefficient (Wildman–Crippen LogP) is 2.87. The molecule has 1 amide bonds. The fourth-order valence-corrected chi connectivity index (χ4v) is 1.96. The van der Waals surface area contributed by atoms with E-state index >= 15 is 0 Å². The number of nitrogens with two attached hydrogens (primary N) is 1. The molecule has 0 bridgehead atoms. The molecule has 3 N–H and O–H groups in total. The summed E-state index contributed by atoms with van der Waals surface area (Å²) >= 11 is 0. The summed E-state index contributed by atoms with van der Waals surface area (Å²) in [5, 5.41) is 5.70. The van der Waals surface area contributed by atoms with E-state index in [9.17, 15) is 4.79 Å². The van der Waals surface area contributed by atoms with Crippen LogP contribution in [0.25, 0.3) is 10.8 Å². The van der Waals surface area contributed by atoms with Crippen molar-refractivity contribution in [2.45, 2.75) is 13.5 Å². The summed E-state index contributed by atoms with van der Waals surface area (Å²) in [7, 11) is 0. The second kappa shape index (κ2) is 6.57. The molecule has 0 aromatic heterocycles. The van der Waals surface area contributed by atoms with E-state index in [1.165, 1.54) is 16.3 Å². The number of nitrogens with one attached hydrogen (secondary N) is 1. The van der Waals surface area contributed by atoms with Crippen molar-refractivity contribution >= 4 is 16.7 Å². The lowest BCUT2D eigenvalue weighted by Crippen LogP contribution is -2.11. The first-order valence-electron chi connectivity index (χ1n) is 6.52. The van der Waals surface area contributed by atoms with Crippen LogP contribution in [0.15, 0.2) is 66.4 Å². The molecule has 0 saturated carbocycles. The van der Waals surface area contributed by atoms with Gasteiger partial charge in [0.25, 0.3) is 0 Å². The molecule has 0 unspecified atom stereocenters. The van der Waals surface area contributed by atoms with Crippen molar-refractivity contribution in [2.24, 2.45) is 5.73 Å². The third kappa shape index (κ3) is 3.48. The van der Waals surface area contributed by atoms with E-state index in [0.29, 0.717) is 5.57 Å². The maximum absolute atomic E-state index is 10.8. The van der Waals surface area contributed by atoms with Crippen molar-refractivity contribution in [3.05, 3.63) is 72.0 Å². The van der Waals surface area contributed by atoms with Crippen LogP contribution in [-0.2, 0) is 11.3 Å². The molecule has 0 atom stereocenters. The van der Waals surface area contributed by atoms with Crippen LogP contribution in [0.1, 0.15) is 12.5 Å². The molecule has 3 nitrogen and oxygen atoms in total. The third-order valence-corrected chi connectivity index (χ3v) is 3.12. The first-order valence-corrected chi connectivity index (χ1v) is 6.52. The lowest BCUT2D eigenvalue weighted by molar-refractivity contribution is -0.114. The van der Waals surface area contributed by atoms with Gasteiger partial charge in [0.2, 0.25) is 5.91 Å². The van der Waals surface area contributed by atoms with Crippen molar-refractivity contribution in [2.75, 3.05) is 0 Å². The smallest absolute Gasteiger partial charge is 0.244 e. The number of hydrogen-bond donors (Lipinski definition) is 2. The van der Waals surface area contributed by atoms with Crippen molar-refractivity contribution in [1.82, 2.24) is 5.32 Å². The topological polar surface area (TPSA) is 55.1 Å². The normalized spacial score (nSPS) is 11.9. The second-order valence-electron chi connectivity index (χ2n) is 4.59. The highest BCUT2D eigenvalue weighted by molar-refractivity contribution is 5.91. The van der Waals surface area contributed by atoms with Gasteiger partial charge in [-0.1, -0.05) is 48.5 Å². The van der Waals surface area contributed by atoms with Gasteiger partial charge in [-0.15, -0.1) is 0 Å². The molecule has 2 aromatic rings. The Balaban J connectivity index is 2.02. The van der Waals surface area contributed by atoms with E-state index in [-0.39, 0.29) is 0 Å². The first-order chi connectivity index (χ1) is 9.68. The average molecular weight is 266 g/mol. The van der Waals surface area contributed by atoms with Crippen LogP contribution in [0.3, 0.4) is 0 Å². The van der Waals surface area contributed by atoms with Gasteiger partial charge in [0, 0.05) is 12.1 Å². The zero-order chi connectivity index (χ0) is 14.4. The van der Waals surface area contributed by atoms with Gasteiger partial charge < -0.3 is 11.1 Å². The van der Waals surface area contributed by atoms with Crippen LogP contribution in [0.5, 0.6) is 0 Å². The van der Waals surface area contributed by atoms with Gasteiger partial charge in [-0.3, -0.25) is 4.79 Å². The van der Waals surface area contributed by atoms with E-state index in [0.717, 1.165) is 6.54 Å². The summed E-state index contributed by atoms with van der Waals surface area (Å²) in [4.78, 5) is 10.8. The number of carbonyl (C=O) groups excluding carboxylic acids is 1. The molecule has 0 radical (unpaired) electrons. The average Bonchev–Trinajstić information content (AvgIpc) is 2.46. The van der Waals surface area contributed by atoms with Crippen LogP contribution in [0.4, 0.5) is 0 Å². The van der Waals surface area contributed by atoms with E-state index in [1.807, 2.05) is 18.3 Å². The van der Waals surface area contributed by atoms with Gasteiger partial charge in [0.05, 0.1) is 0 Å². The third-order valence-electron chi connectivity index (χ3n) is 3.12. The number of amides is 1. The Hall–Kier alpha value is -2.55. The molecule has 0 aliphatic rings. The summed E-state index contributed by atoms with van der Waals surface area (Å²) in [6.07, 6.45) is 5.29. The second-order valence-corrected chi connectivity index (χ2v) is 4.59. The Morgan fingerprint density at radius 3 is 2.75 bits per heavy atom. The van der Waals surface area contributed by atoms with Gasteiger partial charge in [0.15, 0.2) is 0 Å². The molecule has 0 saturated heterocycles. The zero-order valence-corrected chi connectivity index (χ0v) is 11.5. The Kier molecular flexibility index (Phi) is 4.56. The fourth-order valence-electron chi connectivity index (χ4n) is 1.96. The molecule has 0 aliphatic heterocycles. The standard InChI is InChI=1S/C17H18N2O/c1-13(17(18)20)6-5-11-19-12-15-9-4-8-14-7-2-3-10-16(14)15/h2-11,19H,12H2,1H3,(H2,18,20)/b11-5-,13-6+. The van der Waals surface area contributed by atoms with Gasteiger partial charge >= 0.3 is 0 Å². The Labute approximate surface area is 118 Å². The Morgan fingerprint density at radius 1 is 1.20 bits per heavy atom. The number of primary amides is 1. The molecular weight excluding hydrogens is 248 g/mol. The van der Waals surface area contributed by atoms with E-state index in [4.69, 9.17) is 5.73 Å². The Morgan fingerprint density at radius 2 is 1.95 bits per heavy atom. The molecular formula is C17H18N2O. The largest absolute Gasteiger partial charge is 0.387 e. The van der Waals surface area contributed by atoms with Gasteiger partial charge in [-0.2, -0.15) is 0 Å². The Bertz CT molecular complexity index is 666. The van der Waals surface area contributed by atoms with Crippen LogP contribution in [-0.4, -0.2) is 5.91 Å². The van der Waals surface area contributed by atoms with E-state index < -0.39 is 5.91 Å². The summed E-state index contributed by atoms with van der Waals surface area (Å²) in [5.74, 6) is -0.399. The summed E-state index contributed by atoms with van der Waals surface area (Å²) in [6, 6.07) is 14.6. The molecule has 0 spiro atoms. The monoisotopic (exact) mass is 266 g/mol. The summed E-state index contributed by atoms with van der Waals surface area (Å²) in [6.45, 7) is 2.43. The number of allylic oxidation sites excluding steroid dienone is 2. The first kappa shape index (κ1) is 13.9. The van der Waals surface area contributed by atoms with Crippen molar-refractivity contribution in [3.63, 3.8) is 0 Å². The minimum atomic E-state index is -0.399. The quantitative estimate of drug-likeness (QED) is 0.646. The predicted molar refractivity (Wildman–Crippen MR) is 82.9 cm³/mol. The maximum Gasteiger partial charge on any atom is 0.244 e. The number of benzene rings is 2. The van der Waals surface area contributed by atoms with Crippen molar-refractivity contribution in [1.29, 1.82) is 0 Å². The zero-order valence-electron chi connectivity index (χ0n) is 11.5. The van der Waals surface area contributed by atoms with Gasteiger partial charge in [-0.05, 0) is 35.5 Å². The molecule has 20 heavy (non-hydrogen) atoms. The lowest BCUT2D eigenvalue weighted by Gasteiger charge is -2.06. The molecule has 2 rings (SSSR count). The highest BCUT2D eigenvalue weighted by atomic mass is 16.1.